The number of rotatable bonds is 7. The molecule has 0 unspecified atom stereocenters. The van der Waals surface area contributed by atoms with Crippen molar-refractivity contribution in [3.05, 3.63) is 91.9 Å². The highest BCUT2D eigenvalue weighted by Gasteiger charge is 2.22. The van der Waals surface area contributed by atoms with E-state index in [4.69, 9.17) is 16.3 Å². The first-order valence-corrected chi connectivity index (χ1v) is 9.96. The summed E-state index contributed by atoms with van der Waals surface area (Å²) in [4.78, 5) is 23.5. The summed E-state index contributed by atoms with van der Waals surface area (Å²) < 4.78 is 5.57. The lowest BCUT2D eigenvalue weighted by Crippen LogP contribution is -2.27. The molecule has 0 aliphatic heterocycles. The number of nitro benzene ring substituents is 1. The standard InChI is InChI=1S/C21H17BrClN3O4/c1-30-19-10-7-14(11-17(19)23)24-20(13-5-3-2-4-6-13)21(27)25-18-9-8-15(26(28)29)12-16(18)22/h2-12,20,24H,1H3,(H,25,27)/t20-/m0/s1. The number of halogens is 2. The number of hydrogen-bond acceptors (Lipinski definition) is 5. The van der Waals surface area contributed by atoms with Gasteiger partial charge in [0.2, 0.25) is 0 Å². The molecule has 0 aromatic heterocycles. The third-order valence-electron chi connectivity index (χ3n) is 4.28. The molecule has 0 spiro atoms. The van der Waals surface area contributed by atoms with Crippen molar-refractivity contribution in [3.8, 4) is 5.75 Å². The van der Waals surface area contributed by atoms with Crippen molar-refractivity contribution in [2.75, 3.05) is 17.7 Å². The lowest BCUT2D eigenvalue weighted by molar-refractivity contribution is -0.384. The molecule has 154 valence electrons. The first kappa shape index (κ1) is 21.6. The van der Waals surface area contributed by atoms with Crippen molar-refractivity contribution in [1.29, 1.82) is 0 Å². The zero-order valence-electron chi connectivity index (χ0n) is 15.8. The SMILES string of the molecule is COc1ccc(N[C@H](C(=O)Nc2ccc([N+](=O)[O-])cc2Br)c2ccccc2)cc1Cl. The number of nitro groups is 1. The molecule has 0 saturated heterocycles. The summed E-state index contributed by atoms with van der Waals surface area (Å²) in [6.45, 7) is 0. The first-order chi connectivity index (χ1) is 14.4. The van der Waals surface area contributed by atoms with Crippen LogP contribution in [0.3, 0.4) is 0 Å². The Morgan fingerprint density at radius 3 is 2.47 bits per heavy atom. The maximum absolute atomic E-state index is 13.1. The number of hydrogen-bond donors (Lipinski definition) is 2. The Morgan fingerprint density at radius 2 is 1.87 bits per heavy atom. The smallest absolute Gasteiger partial charge is 0.270 e. The van der Waals surface area contributed by atoms with Crippen LogP contribution in [0.25, 0.3) is 0 Å². The molecule has 1 atom stereocenters. The van der Waals surface area contributed by atoms with Gasteiger partial charge in [-0.2, -0.15) is 0 Å². The Kier molecular flexibility index (Phi) is 6.91. The molecular weight excluding hydrogens is 474 g/mol. The van der Waals surface area contributed by atoms with Crippen LogP contribution >= 0.6 is 27.5 Å². The molecule has 0 radical (unpaired) electrons. The summed E-state index contributed by atoms with van der Waals surface area (Å²) in [5.41, 5.74) is 1.71. The van der Waals surface area contributed by atoms with Crippen LogP contribution in [-0.4, -0.2) is 17.9 Å². The molecule has 9 heteroatoms. The fraction of sp³-hybridized carbons (Fsp3) is 0.0952. The summed E-state index contributed by atoms with van der Waals surface area (Å²) in [7, 11) is 1.52. The molecule has 0 bridgehead atoms. The molecule has 7 nitrogen and oxygen atoms in total. The largest absolute Gasteiger partial charge is 0.495 e. The summed E-state index contributed by atoms with van der Waals surface area (Å²) in [6, 6.07) is 17.7. The van der Waals surface area contributed by atoms with Gasteiger partial charge < -0.3 is 15.4 Å². The molecule has 0 aliphatic carbocycles. The quantitative estimate of drug-likeness (QED) is 0.322. The maximum atomic E-state index is 13.1. The van der Waals surface area contributed by atoms with E-state index in [2.05, 4.69) is 26.6 Å². The monoisotopic (exact) mass is 489 g/mol. The molecule has 2 N–H and O–H groups in total. The molecule has 30 heavy (non-hydrogen) atoms. The highest BCUT2D eigenvalue weighted by Crippen LogP contribution is 2.31. The topological polar surface area (TPSA) is 93.5 Å². The summed E-state index contributed by atoms with van der Waals surface area (Å²) >= 11 is 9.47. The van der Waals surface area contributed by atoms with Gasteiger partial charge >= 0.3 is 0 Å². The number of ether oxygens (including phenoxy) is 1. The minimum absolute atomic E-state index is 0.0783. The van der Waals surface area contributed by atoms with Gasteiger partial charge in [0.05, 0.1) is 22.7 Å². The van der Waals surface area contributed by atoms with Crippen LogP contribution in [0, 0.1) is 10.1 Å². The number of benzene rings is 3. The molecule has 3 aromatic rings. The second-order valence-electron chi connectivity index (χ2n) is 6.25. The Morgan fingerprint density at radius 1 is 1.13 bits per heavy atom. The van der Waals surface area contributed by atoms with Crippen molar-refractivity contribution in [3.63, 3.8) is 0 Å². The Hall–Kier alpha value is -3.10. The average Bonchev–Trinajstić information content (AvgIpc) is 2.74. The molecule has 0 heterocycles. The predicted molar refractivity (Wildman–Crippen MR) is 120 cm³/mol. The first-order valence-electron chi connectivity index (χ1n) is 8.79. The molecule has 3 rings (SSSR count). The predicted octanol–water partition coefficient (Wildman–Crippen LogP) is 5.81. The van der Waals surface area contributed by atoms with Crippen LogP contribution in [0.5, 0.6) is 5.75 Å². The van der Waals surface area contributed by atoms with E-state index in [1.54, 1.807) is 18.2 Å². The molecular formula is C21H17BrClN3O4. The lowest BCUT2D eigenvalue weighted by Gasteiger charge is -2.21. The van der Waals surface area contributed by atoms with E-state index < -0.39 is 11.0 Å². The highest BCUT2D eigenvalue weighted by atomic mass is 79.9. The van der Waals surface area contributed by atoms with Crippen LogP contribution < -0.4 is 15.4 Å². The Labute approximate surface area is 186 Å². The van der Waals surface area contributed by atoms with Gasteiger partial charge in [-0.1, -0.05) is 41.9 Å². The zero-order valence-corrected chi connectivity index (χ0v) is 18.1. The van der Waals surface area contributed by atoms with Gasteiger partial charge in [-0.3, -0.25) is 14.9 Å². The van der Waals surface area contributed by atoms with Gasteiger partial charge in [-0.25, -0.2) is 0 Å². The normalized spacial score (nSPS) is 11.4. The fourth-order valence-electron chi connectivity index (χ4n) is 2.79. The van der Waals surface area contributed by atoms with Gasteiger partial charge in [0.25, 0.3) is 11.6 Å². The third-order valence-corrected chi connectivity index (χ3v) is 5.23. The molecule has 0 fully saturated rings. The van der Waals surface area contributed by atoms with Crippen molar-refractivity contribution >= 4 is 50.5 Å². The third kappa shape index (κ3) is 5.08. The van der Waals surface area contributed by atoms with Crippen LogP contribution in [0.2, 0.25) is 5.02 Å². The van der Waals surface area contributed by atoms with Crippen molar-refractivity contribution in [1.82, 2.24) is 0 Å². The van der Waals surface area contributed by atoms with Gasteiger partial charge in [0.15, 0.2) is 0 Å². The number of carbonyl (C=O) groups is 1. The van der Waals surface area contributed by atoms with Crippen LogP contribution in [0.1, 0.15) is 11.6 Å². The van der Waals surface area contributed by atoms with Crippen molar-refractivity contribution in [2.24, 2.45) is 0 Å². The van der Waals surface area contributed by atoms with Gasteiger partial charge in [-0.15, -0.1) is 0 Å². The van der Waals surface area contributed by atoms with E-state index in [9.17, 15) is 14.9 Å². The summed E-state index contributed by atoms with van der Waals surface area (Å²) in [5, 5.41) is 17.3. The lowest BCUT2D eigenvalue weighted by atomic mass is 10.1. The zero-order chi connectivity index (χ0) is 21.7. The van der Waals surface area contributed by atoms with Crippen molar-refractivity contribution in [2.45, 2.75) is 6.04 Å². The maximum Gasteiger partial charge on any atom is 0.270 e. The Balaban J connectivity index is 1.88. The highest BCUT2D eigenvalue weighted by molar-refractivity contribution is 9.10. The number of carbonyl (C=O) groups excluding carboxylic acids is 1. The molecule has 3 aromatic carbocycles. The second-order valence-corrected chi connectivity index (χ2v) is 7.51. The number of non-ortho nitro benzene ring substituents is 1. The average molecular weight is 491 g/mol. The minimum Gasteiger partial charge on any atom is -0.495 e. The number of amides is 1. The second kappa shape index (κ2) is 9.60. The fourth-order valence-corrected chi connectivity index (χ4v) is 3.52. The van der Waals surface area contributed by atoms with Crippen LogP contribution in [0.4, 0.5) is 17.1 Å². The van der Waals surface area contributed by atoms with E-state index in [-0.39, 0.29) is 11.6 Å². The number of nitrogens with one attached hydrogen (secondary N) is 2. The van der Waals surface area contributed by atoms with Gasteiger partial charge in [-0.05, 0) is 45.8 Å². The summed E-state index contributed by atoms with van der Waals surface area (Å²) in [6.07, 6.45) is 0. The van der Waals surface area contributed by atoms with E-state index in [0.29, 0.717) is 26.6 Å². The molecule has 1 amide bonds. The minimum atomic E-state index is -0.738. The van der Waals surface area contributed by atoms with E-state index >= 15 is 0 Å². The number of nitrogens with zero attached hydrogens (tertiary/aromatic N) is 1. The van der Waals surface area contributed by atoms with Gasteiger partial charge in [0, 0.05) is 22.3 Å². The summed E-state index contributed by atoms with van der Waals surface area (Å²) in [5.74, 6) is 0.181. The number of methoxy groups -OCH3 is 1. The molecule has 0 saturated carbocycles. The molecule has 0 aliphatic rings. The van der Waals surface area contributed by atoms with E-state index in [1.165, 1.54) is 25.3 Å². The van der Waals surface area contributed by atoms with Crippen LogP contribution in [0.15, 0.2) is 71.2 Å². The van der Waals surface area contributed by atoms with Crippen molar-refractivity contribution < 1.29 is 14.5 Å². The van der Waals surface area contributed by atoms with Gasteiger partial charge in [0.1, 0.15) is 11.8 Å². The van der Waals surface area contributed by atoms with E-state index in [1.807, 2.05) is 30.3 Å². The van der Waals surface area contributed by atoms with E-state index in [0.717, 1.165) is 5.56 Å². The number of anilines is 2. The Bertz CT molecular complexity index is 1080. The van der Waals surface area contributed by atoms with Crippen LogP contribution in [-0.2, 0) is 4.79 Å².